The zero-order chi connectivity index (χ0) is 11.3. The van der Waals surface area contributed by atoms with E-state index in [1.54, 1.807) is 17.8 Å². The van der Waals surface area contributed by atoms with Crippen LogP contribution in [0, 0.1) is 0 Å². The second kappa shape index (κ2) is 5.51. The fraction of sp³-hybridized carbons (Fsp3) is 0.667. The summed E-state index contributed by atoms with van der Waals surface area (Å²) in [5.74, 6) is 0.867. The number of aromatic nitrogens is 2. The molecule has 0 aliphatic rings. The van der Waals surface area contributed by atoms with E-state index in [2.05, 4.69) is 5.10 Å². The summed E-state index contributed by atoms with van der Waals surface area (Å²) in [5, 5.41) is 4.07. The van der Waals surface area contributed by atoms with Crippen molar-refractivity contribution in [2.45, 2.75) is 25.8 Å². The summed E-state index contributed by atoms with van der Waals surface area (Å²) in [6, 6.07) is 0. The van der Waals surface area contributed by atoms with Crippen molar-refractivity contribution in [1.29, 1.82) is 0 Å². The van der Waals surface area contributed by atoms with Crippen LogP contribution >= 0.6 is 11.6 Å². The first-order valence-corrected chi connectivity index (χ1v) is 7.20. The molecule has 0 aliphatic heterocycles. The number of halogens is 1. The Kier molecular flexibility index (Phi) is 4.60. The average molecular weight is 251 g/mol. The molecule has 0 amide bonds. The van der Waals surface area contributed by atoms with Crippen molar-refractivity contribution in [1.82, 2.24) is 9.78 Å². The number of hydrogen-bond acceptors (Lipinski definition) is 3. The van der Waals surface area contributed by atoms with E-state index in [1.807, 2.05) is 6.20 Å². The van der Waals surface area contributed by atoms with Gasteiger partial charge in [0, 0.05) is 24.1 Å². The predicted octanol–water partition coefficient (Wildman–Crippen LogP) is 1.45. The molecule has 0 saturated heterocycles. The van der Waals surface area contributed by atoms with Gasteiger partial charge >= 0.3 is 0 Å². The number of aryl methyl sites for hydroxylation is 1. The molecule has 1 aromatic heterocycles. The van der Waals surface area contributed by atoms with Crippen LogP contribution in [0.25, 0.3) is 0 Å². The van der Waals surface area contributed by atoms with Crippen molar-refractivity contribution in [3.63, 3.8) is 0 Å². The molecule has 4 nitrogen and oxygen atoms in total. The molecule has 0 saturated carbocycles. The van der Waals surface area contributed by atoms with Gasteiger partial charge in [-0.2, -0.15) is 5.10 Å². The molecule has 1 rings (SSSR count). The highest BCUT2D eigenvalue weighted by atomic mass is 35.5. The van der Waals surface area contributed by atoms with Crippen molar-refractivity contribution in [3.8, 4) is 0 Å². The van der Waals surface area contributed by atoms with Gasteiger partial charge in [0.25, 0.3) is 0 Å². The largest absolute Gasteiger partial charge is 0.272 e. The van der Waals surface area contributed by atoms with Gasteiger partial charge in [-0.1, -0.05) is 6.92 Å². The van der Waals surface area contributed by atoms with Gasteiger partial charge in [0.1, 0.15) is 9.84 Å². The number of alkyl halides is 1. The molecule has 0 N–H and O–H groups in total. The summed E-state index contributed by atoms with van der Waals surface area (Å²) in [7, 11) is -2.86. The molecule has 0 aromatic carbocycles. The maximum Gasteiger partial charge on any atom is 0.150 e. The topological polar surface area (TPSA) is 52.0 Å². The standard InChI is InChI=1S/C9H15ClN2O2S/c1-2-15(13,14)5-3-4-12-8-9(6-10)7-11-12/h7-8H,2-6H2,1H3. The Morgan fingerprint density at radius 1 is 1.53 bits per heavy atom. The van der Waals surface area contributed by atoms with E-state index in [4.69, 9.17) is 11.6 Å². The second-order valence-corrected chi connectivity index (χ2v) is 6.08. The Labute approximate surface area is 95.2 Å². The average Bonchev–Trinajstić information content (AvgIpc) is 2.66. The maximum atomic E-state index is 11.2. The molecular weight excluding hydrogens is 236 g/mol. The Morgan fingerprint density at radius 3 is 2.80 bits per heavy atom. The number of rotatable bonds is 6. The van der Waals surface area contributed by atoms with Gasteiger partial charge in [-0.15, -0.1) is 11.6 Å². The highest BCUT2D eigenvalue weighted by Gasteiger charge is 2.06. The highest BCUT2D eigenvalue weighted by Crippen LogP contribution is 2.03. The first-order valence-electron chi connectivity index (χ1n) is 4.85. The van der Waals surface area contributed by atoms with Crippen LogP contribution in [0.4, 0.5) is 0 Å². The molecule has 15 heavy (non-hydrogen) atoms. The van der Waals surface area contributed by atoms with Crippen LogP contribution < -0.4 is 0 Å². The molecular formula is C9H15ClN2O2S. The molecule has 1 aromatic rings. The normalized spacial score (nSPS) is 11.9. The molecule has 0 bridgehead atoms. The number of sulfone groups is 1. The minimum Gasteiger partial charge on any atom is -0.272 e. The van der Waals surface area contributed by atoms with Gasteiger partial charge in [0.2, 0.25) is 0 Å². The third-order valence-electron chi connectivity index (χ3n) is 2.12. The quantitative estimate of drug-likeness (QED) is 0.718. The van der Waals surface area contributed by atoms with Crippen molar-refractivity contribution in [2.24, 2.45) is 0 Å². The Hall–Kier alpha value is -0.550. The van der Waals surface area contributed by atoms with Gasteiger partial charge in [0.15, 0.2) is 0 Å². The van der Waals surface area contributed by atoms with Crippen LogP contribution in [0.5, 0.6) is 0 Å². The minimum atomic E-state index is -2.86. The zero-order valence-corrected chi connectivity index (χ0v) is 10.3. The molecule has 0 atom stereocenters. The highest BCUT2D eigenvalue weighted by molar-refractivity contribution is 7.91. The van der Waals surface area contributed by atoms with Crippen LogP contribution in [0.1, 0.15) is 18.9 Å². The van der Waals surface area contributed by atoms with E-state index < -0.39 is 9.84 Å². The Balaban J connectivity index is 2.38. The summed E-state index contributed by atoms with van der Waals surface area (Å²) in [6.45, 7) is 2.28. The zero-order valence-electron chi connectivity index (χ0n) is 8.69. The van der Waals surface area contributed by atoms with Gasteiger partial charge in [-0.05, 0) is 6.42 Å². The lowest BCUT2D eigenvalue weighted by molar-refractivity contribution is 0.573. The van der Waals surface area contributed by atoms with E-state index >= 15 is 0 Å². The third kappa shape index (κ3) is 4.22. The van der Waals surface area contributed by atoms with Gasteiger partial charge in [-0.3, -0.25) is 4.68 Å². The molecule has 1 heterocycles. The first kappa shape index (κ1) is 12.5. The van der Waals surface area contributed by atoms with Crippen molar-refractivity contribution < 1.29 is 8.42 Å². The first-order chi connectivity index (χ1) is 7.07. The SMILES string of the molecule is CCS(=O)(=O)CCCn1cc(CCl)cn1. The van der Waals surface area contributed by atoms with E-state index in [0.717, 1.165) is 5.56 Å². The predicted molar refractivity (Wildman–Crippen MR) is 60.7 cm³/mol. The number of nitrogens with zero attached hydrogens (tertiary/aromatic N) is 2. The summed E-state index contributed by atoms with van der Waals surface area (Å²) in [4.78, 5) is 0. The van der Waals surface area contributed by atoms with Crippen molar-refractivity contribution >= 4 is 21.4 Å². The minimum absolute atomic E-state index is 0.207. The molecule has 0 unspecified atom stereocenters. The maximum absolute atomic E-state index is 11.2. The lowest BCUT2D eigenvalue weighted by Gasteiger charge is -2.01. The summed E-state index contributed by atoms with van der Waals surface area (Å²) in [6.07, 6.45) is 4.13. The molecule has 6 heteroatoms. The van der Waals surface area contributed by atoms with E-state index in [0.29, 0.717) is 18.8 Å². The van der Waals surface area contributed by atoms with Crippen LogP contribution in [0.3, 0.4) is 0 Å². The van der Waals surface area contributed by atoms with Crippen LogP contribution in [0.2, 0.25) is 0 Å². The van der Waals surface area contributed by atoms with E-state index in [9.17, 15) is 8.42 Å². The Bertz CT molecular complexity index is 400. The van der Waals surface area contributed by atoms with E-state index in [1.165, 1.54) is 0 Å². The lowest BCUT2D eigenvalue weighted by atomic mass is 10.4. The Morgan fingerprint density at radius 2 is 2.27 bits per heavy atom. The lowest BCUT2D eigenvalue weighted by Crippen LogP contribution is -2.11. The van der Waals surface area contributed by atoms with Gasteiger partial charge in [-0.25, -0.2) is 8.42 Å². The second-order valence-electron chi connectivity index (χ2n) is 3.34. The van der Waals surface area contributed by atoms with Crippen LogP contribution in [0.15, 0.2) is 12.4 Å². The molecule has 0 radical (unpaired) electrons. The summed E-state index contributed by atoms with van der Waals surface area (Å²) < 4.78 is 24.1. The summed E-state index contributed by atoms with van der Waals surface area (Å²) in [5.41, 5.74) is 0.954. The molecule has 0 fully saturated rings. The third-order valence-corrected chi connectivity index (χ3v) is 4.22. The molecule has 86 valence electrons. The fourth-order valence-corrected chi connectivity index (χ4v) is 2.18. The fourth-order valence-electron chi connectivity index (χ4n) is 1.19. The van der Waals surface area contributed by atoms with Crippen LogP contribution in [-0.2, 0) is 22.3 Å². The van der Waals surface area contributed by atoms with E-state index in [-0.39, 0.29) is 11.5 Å². The number of hydrogen-bond donors (Lipinski definition) is 0. The van der Waals surface area contributed by atoms with Gasteiger partial charge in [0.05, 0.1) is 17.8 Å². The molecule has 0 spiro atoms. The van der Waals surface area contributed by atoms with Crippen LogP contribution in [-0.4, -0.2) is 29.7 Å². The van der Waals surface area contributed by atoms with Crippen molar-refractivity contribution in [3.05, 3.63) is 18.0 Å². The van der Waals surface area contributed by atoms with Gasteiger partial charge < -0.3 is 0 Å². The summed E-state index contributed by atoms with van der Waals surface area (Å²) >= 11 is 5.62. The monoisotopic (exact) mass is 250 g/mol. The van der Waals surface area contributed by atoms with Crippen molar-refractivity contribution in [2.75, 3.05) is 11.5 Å². The smallest absolute Gasteiger partial charge is 0.150 e. The molecule has 0 aliphatic carbocycles.